The van der Waals surface area contributed by atoms with Crippen LogP contribution in [0.3, 0.4) is 0 Å². The Kier molecular flexibility index (Phi) is 6.62. The molecule has 0 aliphatic heterocycles. The molecule has 3 N–H and O–H groups in total. The molecule has 0 aliphatic carbocycles. The highest BCUT2D eigenvalue weighted by Gasteiger charge is 2.09. The second kappa shape index (κ2) is 9.54. The molecule has 3 rings (SSSR count). The topological polar surface area (TPSA) is 105 Å². The van der Waals surface area contributed by atoms with Gasteiger partial charge in [0.05, 0.1) is 23.8 Å². The van der Waals surface area contributed by atoms with Crippen molar-refractivity contribution in [3.8, 4) is 5.75 Å². The Labute approximate surface area is 174 Å². The molecule has 9 heteroatoms. The normalized spacial score (nSPS) is 10.6. The quantitative estimate of drug-likeness (QED) is 0.373. The molecule has 2 aromatic carbocycles. The zero-order chi connectivity index (χ0) is 21.5. The first-order valence-electron chi connectivity index (χ1n) is 8.85. The van der Waals surface area contributed by atoms with E-state index in [1.54, 1.807) is 48.7 Å². The minimum atomic E-state index is -1.76. The minimum Gasteiger partial charge on any atom is -0.495 e. The summed E-state index contributed by atoms with van der Waals surface area (Å²) in [5.74, 6) is 1.04. The van der Waals surface area contributed by atoms with Crippen LogP contribution in [0.1, 0.15) is 0 Å². The zero-order valence-electron chi connectivity index (χ0n) is 16.3. The monoisotopic (exact) mass is 421 g/mol. The summed E-state index contributed by atoms with van der Waals surface area (Å²) in [5.41, 5.74) is 1.79. The van der Waals surface area contributed by atoms with Gasteiger partial charge in [0.15, 0.2) is 0 Å². The number of para-hydroxylation sites is 1. The highest BCUT2D eigenvalue weighted by molar-refractivity contribution is 7.52. The van der Waals surface area contributed by atoms with Crippen LogP contribution in [0, 0.1) is 0 Å². The van der Waals surface area contributed by atoms with Gasteiger partial charge in [-0.1, -0.05) is 18.7 Å². The van der Waals surface area contributed by atoms with Crippen LogP contribution in [-0.2, 0) is 9.36 Å². The van der Waals surface area contributed by atoms with Crippen molar-refractivity contribution in [2.75, 3.05) is 23.1 Å². The van der Waals surface area contributed by atoms with Gasteiger partial charge < -0.3 is 20.7 Å². The van der Waals surface area contributed by atoms with E-state index in [4.69, 9.17) is 4.74 Å². The van der Waals surface area contributed by atoms with Crippen LogP contribution >= 0.6 is 7.42 Å². The van der Waals surface area contributed by atoms with Gasteiger partial charge in [0.25, 0.3) is 0 Å². The first kappa shape index (κ1) is 20.8. The van der Waals surface area contributed by atoms with Gasteiger partial charge in [-0.05, 0) is 48.8 Å². The fourth-order valence-electron chi connectivity index (χ4n) is 2.62. The van der Waals surface area contributed by atoms with Crippen molar-refractivity contribution < 1.29 is 14.1 Å². The maximum absolute atomic E-state index is 11.9. The van der Waals surface area contributed by atoms with E-state index in [0.29, 0.717) is 39.9 Å². The van der Waals surface area contributed by atoms with Crippen molar-refractivity contribution in [1.82, 2.24) is 9.97 Å². The molecule has 0 bridgehead atoms. The van der Waals surface area contributed by atoms with E-state index in [2.05, 4.69) is 38.8 Å². The molecule has 8 nitrogen and oxygen atoms in total. The Morgan fingerprint density at radius 3 is 2.67 bits per heavy atom. The standard InChI is InChI=1S/C21H20N5O3P/c1-4-20(27)23-14-9-10-17(29-2)16(13-14)25-21-22-12-11-19(26-21)24-15-7-5-6-8-18(15)30(3)28/h4-13H,1,3H2,2H3,(H,23,27)(H2,22,24,25,26). The Morgan fingerprint density at radius 2 is 1.93 bits per heavy atom. The van der Waals surface area contributed by atoms with Gasteiger partial charge in [-0.3, -0.25) is 9.36 Å². The molecule has 1 heterocycles. The van der Waals surface area contributed by atoms with Gasteiger partial charge in [0, 0.05) is 11.9 Å². The molecule has 0 saturated carbocycles. The van der Waals surface area contributed by atoms with E-state index in [9.17, 15) is 9.36 Å². The third-order valence-corrected chi connectivity index (χ3v) is 4.92. The average molecular weight is 421 g/mol. The van der Waals surface area contributed by atoms with Crippen LogP contribution in [0.5, 0.6) is 5.75 Å². The molecule has 0 saturated heterocycles. The summed E-state index contributed by atoms with van der Waals surface area (Å²) in [4.78, 5) is 20.2. The fraction of sp³-hybridized carbons (Fsp3) is 0.0476. The lowest BCUT2D eigenvalue weighted by Gasteiger charge is -2.13. The molecular weight excluding hydrogens is 401 g/mol. The fourth-order valence-corrected chi connectivity index (χ4v) is 3.27. The van der Waals surface area contributed by atoms with Crippen LogP contribution in [0.15, 0.2) is 67.4 Å². The van der Waals surface area contributed by atoms with Crippen LogP contribution in [0.2, 0.25) is 0 Å². The number of anilines is 5. The Morgan fingerprint density at radius 1 is 1.13 bits per heavy atom. The Hall–Kier alpha value is -3.90. The van der Waals surface area contributed by atoms with E-state index in [0.717, 1.165) is 0 Å². The van der Waals surface area contributed by atoms with Crippen LogP contribution < -0.4 is 26.0 Å². The molecule has 0 radical (unpaired) electrons. The molecule has 1 unspecified atom stereocenters. The van der Waals surface area contributed by atoms with Crippen molar-refractivity contribution in [2.24, 2.45) is 0 Å². The number of carbonyl (C=O) groups excluding carboxylic acids is 1. The van der Waals surface area contributed by atoms with Gasteiger partial charge in [0.1, 0.15) is 19.0 Å². The third-order valence-electron chi connectivity index (χ3n) is 3.99. The van der Waals surface area contributed by atoms with Crippen molar-refractivity contribution in [3.63, 3.8) is 0 Å². The summed E-state index contributed by atoms with van der Waals surface area (Å²) < 4.78 is 17.2. The predicted molar refractivity (Wildman–Crippen MR) is 121 cm³/mol. The van der Waals surface area contributed by atoms with Gasteiger partial charge >= 0.3 is 0 Å². The molecule has 0 fully saturated rings. The molecule has 1 aromatic heterocycles. The van der Waals surface area contributed by atoms with Crippen molar-refractivity contribution in [3.05, 3.63) is 67.4 Å². The van der Waals surface area contributed by atoms with Crippen LogP contribution in [0.25, 0.3) is 0 Å². The molecule has 0 aliphatic rings. The highest BCUT2D eigenvalue weighted by atomic mass is 31.1. The number of nitrogens with zero attached hydrogens (tertiary/aromatic N) is 2. The second-order valence-electron chi connectivity index (χ2n) is 6.02. The summed E-state index contributed by atoms with van der Waals surface area (Å²) in [6, 6.07) is 14.0. The number of amides is 1. The summed E-state index contributed by atoms with van der Waals surface area (Å²) in [5, 5.41) is 9.52. The van der Waals surface area contributed by atoms with Gasteiger partial charge in [-0.15, -0.1) is 0 Å². The molecule has 30 heavy (non-hydrogen) atoms. The molecule has 0 spiro atoms. The highest BCUT2D eigenvalue weighted by Crippen LogP contribution is 2.30. The van der Waals surface area contributed by atoms with E-state index in [1.165, 1.54) is 13.2 Å². The van der Waals surface area contributed by atoms with Crippen LogP contribution in [-0.4, -0.2) is 29.3 Å². The lowest BCUT2D eigenvalue weighted by molar-refractivity contribution is -0.111. The lowest BCUT2D eigenvalue weighted by Crippen LogP contribution is -2.08. The number of rotatable bonds is 8. The smallest absolute Gasteiger partial charge is 0.247 e. The minimum absolute atomic E-state index is 0.307. The van der Waals surface area contributed by atoms with Crippen molar-refractivity contribution in [2.45, 2.75) is 0 Å². The maximum Gasteiger partial charge on any atom is 0.247 e. The number of nitrogens with one attached hydrogen (secondary N) is 3. The van der Waals surface area contributed by atoms with E-state index >= 15 is 0 Å². The van der Waals surface area contributed by atoms with Gasteiger partial charge in [-0.25, -0.2) is 4.98 Å². The Bertz CT molecular complexity index is 1150. The average Bonchev–Trinajstić information content (AvgIpc) is 2.74. The largest absolute Gasteiger partial charge is 0.495 e. The predicted octanol–water partition coefficient (Wildman–Crippen LogP) is 3.98. The van der Waals surface area contributed by atoms with E-state index in [1.807, 2.05) is 6.07 Å². The molecular formula is C21H20N5O3P. The number of aromatic nitrogens is 2. The number of hydrogen-bond acceptors (Lipinski definition) is 7. The number of benzene rings is 2. The first-order valence-corrected chi connectivity index (χ1v) is 10.3. The van der Waals surface area contributed by atoms with E-state index in [-0.39, 0.29) is 5.91 Å². The summed E-state index contributed by atoms with van der Waals surface area (Å²) in [6.45, 7) is 3.44. The number of hydrogen-bond donors (Lipinski definition) is 3. The van der Waals surface area contributed by atoms with Crippen molar-refractivity contribution >= 4 is 53.8 Å². The van der Waals surface area contributed by atoms with Crippen molar-refractivity contribution in [1.29, 1.82) is 0 Å². The molecule has 152 valence electrons. The Balaban J connectivity index is 1.86. The number of ether oxygens (including phenoxy) is 1. The lowest BCUT2D eigenvalue weighted by atomic mass is 10.2. The molecule has 1 amide bonds. The summed E-state index contributed by atoms with van der Waals surface area (Å²) in [6.07, 6.45) is 6.38. The van der Waals surface area contributed by atoms with Crippen LogP contribution in [0.4, 0.5) is 28.8 Å². The number of methoxy groups -OCH3 is 1. The van der Waals surface area contributed by atoms with Gasteiger partial charge in [-0.2, -0.15) is 4.98 Å². The molecule has 1 atom stereocenters. The second-order valence-corrected chi connectivity index (χ2v) is 7.26. The number of carbonyl (C=O) groups is 1. The molecule has 3 aromatic rings. The first-order chi connectivity index (χ1) is 14.5. The van der Waals surface area contributed by atoms with Gasteiger partial charge in [0.2, 0.25) is 11.9 Å². The summed E-state index contributed by atoms with van der Waals surface area (Å²) in [7, 11) is -0.219. The third kappa shape index (κ3) is 5.12. The SMILES string of the molecule is C=CC(=O)Nc1ccc(OC)c(Nc2nccc(Nc3ccccc3P(=C)=O)n2)c1. The summed E-state index contributed by atoms with van der Waals surface area (Å²) >= 11 is 0. The maximum atomic E-state index is 11.9. The zero-order valence-corrected chi connectivity index (χ0v) is 17.1. The van der Waals surface area contributed by atoms with E-state index < -0.39 is 7.42 Å².